The third-order valence-electron chi connectivity index (χ3n) is 3.88. The van der Waals surface area contributed by atoms with Crippen LogP contribution in [0.15, 0.2) is 51.4 Å². The van der Waals surface area contributed by atoms with E-state index in [1.165, 1.54) is 0 Å². The number of benzene rings is 2. The molecule has 0 radical (unpaired) electrons. The van der Waals surface area contributed by atoms with Gasteiger partial charge in [0.15, 0.2) is 11.7 Å². The van der Waals surface area contributed by atoms with Gasteiger partial charge in [0, 0.05) is 10.0 Å². The molecule has 2 aromatic carbocycles. The lowest BCUT2D eigenvalue weighted by Gasteiger charge is -2.12. The highest BCUT2D eigenvalue weighted by molar-refractivity contribution is 9.11. The molecule has 0 heterocycles. The summed E-state index contributed by atoms with van der Waals surface area (Å²) in [5.74, 6) is 0.909. The van der Waals surface area contributed by atoms with Gasteiger partial charge in [0.05, 0.1) is 11.1 Å². The number of hydrogen-bond acceptors (Lipinski definition) is 5. The monoisotopic (exact) mass is 571 g/mol. The van der Waals surface area contributed by atoms with E-state index in [1.54, 1.807) is 42.5 Å². The first-order chi connectivity index (χ1) is 14.7. The molecule has 0 saturated carbocycles. The van der Waals surface area contributed by atoms with Crippen LogP contribution in [0.2, 0.25) is 0 Å². The summed E-state index contributed by atoms with van der Waals surface area (Å²) in [6, 6.07) is 12.1. The van der Waals surface area contributed by atoms with Gasteiger partial charge in [-0.1, -0.05) is 29.8 Å². The molecule has 2 amide bonds. The van der Waals surface area contributed by atoms with Crippen molar-refractivity contribution in [3.63, 3.8) is 0 Å². The molecule has 166 valence electrons. The molecule has 0 bridgehead atoms. The molecule has 0 spiro atoms. The summed E-state index contributed by atoms with van der Waals surface area (Å²) in [5.41, 5.74) is 5.25. The van der Waals surface area contributed by atoms with E-state index in [0.29, 0.717) is 34.1 Å². The summed E-state index contributed by atoms with van der Waals surface area (Å²) >= 11 is 11.7. The van der Waals surface area contributed by atoms with Crippen LogP contribution in [0.1, 0.15) is 30.6 Å². The van der Waals surface area contributed by atoms with Crippen molar-refractivity contribution in [1.82, 2.24) is 16.2 Å². The topological polar surface area (TPSA) is 88.7 Å². The Morgan fingerprint density at radius 3 is 2.39 bits per heavy atom. The highest BCUT2D eigenvalue weighted by atomic mass is 79.9. The van der Waals surface area contributed by atoms with Gasteiger partial charge in [-0.15, -0.1) is 0 Å². The average molecular weight is 573 g/mol. The molecule has 7 nitrogen and oxygen atoms in total. The van der Waals surface area contributed by atoms with Crippen molar-refractivity contribution in [2.45, 2.75) is 20.3 Å². The molecular formula is C21H23Br2N3O4S. The first-order valence-electron chi connectivity index (χ1n) is 9.45. The van der Waals surface area contributed by atoms with Crippen LogP contribution < -0.4 is 25.6 Å². The van der Waals surface area contributed by atoms with E-state index in [1.807, 2.05) is 0 Å². The van der Waals surface area contributed by atoms with Crippen LogP contribution in [0.3, 0.4) is 0 Å². The molecule has 31 heavy (non-hydrogen) atoms. The van der Waals surface area contributed by atoms with Crippen molar-refractivity contribution in [3.8, 4) is 11.5 Å². The van der Waals surface area contributed by atoms with E-state index in [2.05, 4.69) is 61.9 Å². The third kappa shape index (κ3) is 9.24. The van der Waals surface area contributed by atoms with Crippen molar-refractivity contribution in [2.75, 3.05) is 13.2 Å². The minimum Gasteiger partial charge on any atom is -0.494 e. The molecule has 0 aromatic heterocycles. The summed E-state index contributed by atoms with van der Waals surface area (Å²) in [6.07, 6.45) is 0.958. The molecule has 0 saturated heterocycles. The van der Waals surface area contributed by atoms with E-state index in [9.17, 15) is 9.59 Å². The van der Waals surface area contributed by atoms with E-state index in [4.69, 9.17) is 21.7 Å². The van der Waals surface area contributed by atoms with Gasteiger partial charge in [-0.2, -0.15) is 0 Å². The van der Waals surface area contributed by atoms with Crippen LogP contribution in [0, 0.1) is 5.92 Å². The van der Waals surface area contributed by atoms with E-state index in [-0.39, 0.29) is 11.7 Å². The number of thiocarbonyl (C=S) groups is 1. The molecule has 0 aliphatic carbocycles. The number of halogens is 2. The zero-order chi connectivity index (χ0) is 22.8. The van der Waals surface area contributed by atoms with Crippen molar-refractivity contribution >= 4 is 61.0 Å². The normalized spacial score (nSPS) is 10.4. The smallest absolute Gasteiger partial charge is 0.276 e. The molecule has 0 aliphatic heterocycles. The molecule has 2 aromatic rings. The molecular weight excluding hydrogens is 550 g/mol. The van der Waals surface area contributed by atoms with Gasteiger partial charge in [0.2, 0.25) is 0 Å². The van der Waals surface area contributed by atoms with Gasteiger partial charge in [-0.3, -0.25) is 25.8 Å². The van der Waals surface area contributed by atoms with Gasteiger partial charge in [-0.05, 0) is 83.0 Å². The number of amides is 2. The fourth-order valence-electron chi connectivity index (χ4n) is 2.22. The number of ether oxygens (including phenoxy) is 2. The number of carbonyl (C=O) groups is 2. The second kappa shape index (κ2) is 12.6. The quantitative estimate of drug-likeness (QED) is 0.322. The number of hydrazine groups is 1. The maximum absolute atomic E-state index is 12.3. The van der Waals surface area contributed by atoms with Gasteiger partial charge in [-0.25, -0.2) is 0 Å². The van der Waals surface area contributed by atoms with Gasteiger partial charge in [0.25, 0.3) is 11.8 Å². The maximum Gasteiger partial charge on any atom is 0.276 e. The highest BCUT2D eigenvalue weighted by Crippen LogP contribution is 2.28. The molecule has 0 fully saturated rings. The number of hydrogen-bond donors (Lipinski definition) is 3. The van der Waals surface area contributed by atoms with Crippen LogP contribution >= 0.6 is 44.1 Å². The molecule has 0 unspecified atom stereocenters. The number of rotatable bonds is 8. The third-order valence-corrected chi connectivity index (χ3v) is 5.19. The lowest BCUT2D eigenvalue weighted by molar-refractivity contribution is -0.123. The van der Waals surface area contributed by atoms with Gasteiger partial charge < -0.3 is 9.47 Å². The molecule has 2 rings (SSSR count). The maximum atomic E-state index is 12.3. The lowest BCUT2D eigenvalue weighted by Crippen LogP contribution is -2.49. The predicted molar refractivity (Wildman–Crippen MR) is 130 cm³/mol. The molecule has 10 heteroatoms. The summed E-state index contributed by atoms with van der Waals surface area (Å²) < 4.78 is 12.6. The first-order valence-corrected chi connectivity index (χ1v) is 11.4. The van der Waals surface area contributed by atoms with Crippen LogP contribution in [0.25, 0.3) is 0 Å². The van der Waals surface area contributed by atoms with Gasteiger partial charge >= 0.3 is 0 Å². The minimum atomic E-state index is -0.464. The molecule has 0 atom stereocenters. The highest BCUT2D eigenvalue weighted by Gasteiger charge is 2.10. The zero-order valence-corrected chi connectivity index (χ0v) is 21.0. The minimum absolute atomic E-state index is 0.0413. The Morgan fingerprint density at radius 2 is 1.74 bits per heavy atom. The zero-order valence-electron chi connectivity index (χ0n) is 17.0. The van der Waals surface area contributed by atoms with Gasteiger partial charge in [0.1, 0.15) is 11.5 Å². The Labute approximate surface area is 203 Å². The second-order valence-electron chi connectivity index (χ2n) is 6.88. The van der Waals surface area contributed by atoms with Crippen LogP contribution in [-0.4, -0.2) is 30.1 Å². The number of carbonyl (C=O) groups excluding carboxylic acids is 2. The van der Waals surface area contributed by atoms with Crippen LogP contribution in [0.4, 0.5) is 0 Å². The number of nitrogens with one attached hydrogen (secondary N) is 3. The Bertz CT molecular complexity index is 923. The summed E-state index contributed by atoms with van der Waals surface area (Å²) in [4.78, 5) is 24.2. The fraction of sp³-hybridized carbons (Fsp3) is 0.286. The second-order valence-corrected chi connectivity index (χ2v) is 9.05. The van der Waals surface area contributed by atoms with E-state index < -0.39 is 11.8 Å². The van der Waals surface area contributed by atoms with Crippen LogP contribution in [0.5, 0.6) is 11.5 Å². The Morgan fingerprint density at radius 1 is 1.03 bits per heavy atom. The summed E-state index contributed by atoms with van der Waals surface area (Å²) in [5, 5.41) is 2.45. The Kier molecular flexibility index (Phi) is 10.2. The Hall–Kier alpha value is -2.17. The van der Waals surface area contributed by atoms with E-state index in [0.717, 1.165) is 10.9 Å². The van der Waals surface area contributed by atoms with E-state index >= 15 is 0 Å². The molecule has 3 N–H and O–H groups in total. The molecule has 0 aliphatic rings. The standard InChI is InChI=1S/C21H23Br2N3O4S/c1-13(2)9-10-29-16-6-3-14(4-7-16)20(28)24-21(31)26-25-19(27)12-30-18-8-5-15(22)11-17(18)23/h3-8,11,13H,9-10,12H2,1-2H3,(H,25,27)(H2,24,26,28,31). The fourth-order valence-corrected chi connectivity index (χ4v) is 3.52. The van der Waals surface area contributed by atoms with Crippen molar-refractivity contribution in [1.29, 1.82) is 0 Å². The van der Waals surface area contributed by atoms with Crippen molar-refractivity contribution in [2.24, 2.45) is 5.92 Å². The van der Waals surface area contributed by atoms with Crippen molar-refractivity contribution < 1.29 is 19.1 Å². The predicted octanol–water partition coefficient (Wildman–Crippen LogP) is 4.35. The van der Waals surface area contributed by atoms with Crippen LogP contribution in [-0.2, 0) is 4.79 Å². The largest absolute Gasteiger partial charge is 0.494 e. The SMILES string of the molecule is CC(C)CCOc1ccc(C(=O)NC(=S)NNC(=O)COc2ccc(Br)cc2Br)cc1. The Balaban J connectivity index is 1.72. The van der Waals surface area contributed by atoms with Crippen molar-refractivity contribution in [3.05, 3.63) is 57.0 Å². The first kappa shape index (κ1) is 25.1. The lowest BCUT2D eigenvalue weighted by atomic mass is 10.1. The average Bonchev–Trinajstić information content (AvgIpc) is 2.72. The summed E-state index contributed by atoms with van der Waals surface area (Å²) in [6.45, 7) is 4.65. The summed E-state index contributed by atoms with van der Waals surface area (Å²) in [7, 11) is 0.